The second-order valence-corrected chi connectivity index (χ2v) is 7.32. The van der Waals surface area contributed by atoms with Crippen molar-refractivity contribution in [2.75, 3.05) is 18.9 Å². The third-order valence-electron chi connectivity index (χ3n) is 4.54. The lowest BCUT2D eigenvalue weighted by molar-refractivity contribution is -0.118. The zero-order chi connectivity index (χ0) is 15.9. The summed E-state index contributed by atoms with van der Waals surface area (Å²) in [6.07, 6.45) is 8.76. The number of amides is 1. The molecule has 0 bridgehead atoms. The molecule has 1 amide bonds. The summed E-state index contributed by atoms with van der Waals surface area (Å²) >= 11 is 1.39. The number of thioether (sulfide) groups is 1. The quantitative estimate of drug-likeness (QED) is 0.761. The van der Waals surface area contributed by atoms with Gasteiger partial charge in [0.15, 0.2) is 0 Å². The lowest BCUT2D eigenvalue weighted by Crippen LogP contribution is -2.31. The number of hydrogen-bond donors (Lipinski definition) is 1. The molecule has 23 heavy (non-hydrogen) atoms. The third kappa shape index (κ3) is 5.17. The van der Waals surface area contributed by atoms with Gasteiger partial charge in [-0.15, -0.1) is 5.10 Å². The van der Waals surface area contributed by atoms with E-state index in [4.69, 9.17) is 4.74 Å². The maximum Gasteiger partial charge on any atom is 0.230 e. The zero-order valence-corrected chi connectivity index (χ0v) is 14.3. The molecule has 1 aliphatic carbocycles. The number of ether oxygens (including phenoxy) is 1. The van der Waals surface area contributed by atoms with Crippen molar-refractivity contribution in [3.8, 4) is 0 Å². The Morgan fingerprint density at radius 1 is 1.26 bits per heavy atom. The Balaban J connectivity index is 1.39. The lowest BCUT2D eigenvalue weighted by Gasteiger charge is -2.21. The molecule has 1 aromatic heterocycles. The van der Waals surface area contributed by atoms with Crippen molar-refractivity contribution in [2.45, 2.75) is 62.8 Å². The van der Waals surface area contributed by atoms with Crippen LogP contribution < -0.4 is 5.32 Å². The Kier molecular flexibility index (Phi) is 6.27. The normalized spacial score (nSPS) is 22.3. The number of nitrogens with one attached hydrogen (secondary N) is 1. The minimum absolute atomic E-state index is 0.0623. The molecular formula is C15H25N5O2S. The van der Waals surface area contributed by atoms with Crippen LogP contribution >= 0.6 is 11.8 Å². The first-order valence-corrected chi connectivity index (χ1v) is 9.57. The van der Waals surface area contributed by atoms with E-state index in [2.05, 4.69) is 20.8 Å². The number of carbonyl (C=O) groups excluding carboxylic acids is 1. The minimum Gasteiger partial charge on any atom is -0.376 e. The van der Waals surface area contributed by atoms with Gasteiger partial charge in [0.1, 0.15) is 0 Å². The summed E-state index contributed by atoms with van der Waals surface area (Å²) in [6, 6.07) is 0. The lowest BCUT2D eigenvalue weighted by atomic mass is 9.89. The first kappa shape index (κ1) is 16.7. The van der Waals surface area contributed by atoms with Gasteiger partial charge in [0.25, 0.3) is 0 Å². The highest BCUT2D eigenvalue weighted by Crippen LogP contribution is 2.23. The number of tetrazole rings is 1. The van der Waals surface area contributed by atoms with Crippen LogP contribution in [0.2, 0.25) is 0 Å². The molecule has 1 atom stereocenters. The number of nitrogens with zero attached hydrogens (tertiary/aromatic N) is 4. The van der Waals surface area contributed by atoms with Crippen LogP contribution in [0.3, 0.4) is 0 Å². The molecule has 0 radical (unpaired) electrons. The second kappa shape index (κ2) is 8.63. The highest BCUT2D eigenvalue weighted by atomic mass is 32.2. The molecule has 128 valence electrons. The molecule has 1 saturated carbocycles. The van der Waals surface area contributed by atoms with E-state index in [1.807, 2.05) is 0 Å². The highest BCUT2D eigenvalue weighted by Gasteiger charge is 2.19. The summed E-state index contributed by atoms with van der Waals surface area (Å²) < 4.78 is 7.35. The van der Waals surface area contributed by atoms with Gasteiger partial charge >= 0.3 is 0 Å². The molecule has 1 aromatic rings. The average Bonchev–Trinajstić information content (AvgIpc) is 3.24. The van der Waals surface area contributed by atoms with Gasteiger partial charge in [-0.2, -0.15) is 0 Å². The smallest absolute Gasteiger partial charge is 0.230 e. The van der Waals surface area contributed by atoms with Gasteiger partial charge in [-0.1, -0.05) is 31.0 Å². The predicted molar refractivity (Wildman–Crippen MR) is 87.1 cm³/mol. The van der Waals surface area contributed by atoms with E-state index in [0.29, 0.717) is 23.4 Å². The molecule has 1 aliphatic heterocycles. The van der Waals surface area contributed by atoms with E-state index in [-0.39, 0.29) is 12.0 Å². The van der Waals surface area contributed by atoms with Gasteiger partial charge in [0, 0.05) is 13.2 Å². The Labute approximate surface area is 140 Å². The Morgan fingerprint density at radius 3 is 2.91 bits per heavy atom. The van der Waals surface area contributed by atoms with Crippen LogP contribution in [0.25, 0.3) is 0 Å². The molecule has 1 unspecified atom stereocenters. The minimum atomic E-state index is 0.0623. The molecule has 8 heteroatoms. The van der Waals surface area contributed by atoms with E-state index in [1.54, 1.807) is 4.68 Å². The third-order valence-corrected chi connectivity index (χ3v) is 5.50. The molecule has 1 N–H and O–H groups in total. The summed E-state index contributed by atoms with van der Waals surface area (Å²) in [5.74, 6) is 1.08. The predicted octanol–water partition coefficient (Wildman–Crippen LogP) is 1.64. The molecular weight excluding hydrogens is 314 g/mol. The summed E-state index contributed by atoms with van der Waals surface area (Å²) in [4.78, 5) is 12.0. The highest BCUT2D eigenvalue weighted by molar-refractivity contribution is 7.99. The fraction of sp³-hybridized carbons (Fsp3) is 0.867. The SMILES string of the molecule is O=C(CSc1nnnn1CC1CCCO1)NCC1CCCCC1. The molecule has 7 nitrogen and oxygen atoms in total. The topological polar surface area (TPSA) is 81.9 Å². The van der Waals surface area contributed by atoms with Gasteiger partial charge in [-0.3, -0.25) is 4.79 Å². The summed E-state index contributed by atoms with van der Waals surface area (Å²) in [5, 5.41) is 15.5. The first-order chi connectivity index (χ1) is 11.3. The summed E-state index contributed by atoms with van der Waals surface area (Å²) in [7, 11) is 0. The largest absolute Gasteiger partial charge is 0.376 e. The molecule has 0 spiro atoms. The summed E-state index contributed by atoms with van der Waals surface area (Å²) in [6.45, 7) is 2.29. The van der Waals surface area contributed by atoms with Crippen molar-refractivity contribution in [2.24, 2.45) is 5.92 Å². The van der Waals surface area contributed by atoms with Crippen molar-refractivity contribution in [3.63, 3.8) is 0 Å². The van der Waals surface area contributed by atoms with Crippen molar-refractivity contribution < 1.29 is 9.53 Å². The van der Waals surface area contributed by atoms with Crippen LogP contribution in [0, 0.1) is 5.92 Å². The van der Waals surface area contributed by atoms with Crippen molar-refractivity contribution in [1.82, 2.24) is 25.5 Å². The van der Waals surface area contributed by atoms with E-state index >= 15 is 0 Å². The number of carbonyl (C=O) groups is 1. The Hall–Kier alpha value is -1.15. The fourth-order valence-electron chi connectivity index (χ4n) is 3.23. The van der Waals surface area contributed by atoms with E-state index in [9.17, 15) is 4.79 Å². The standard InChI is InChI=1S/C15H25N5O2S/c21-14(16-9-12-5-2-1-3-6-12)11-23-15-17-18-19-20(15)10-13-7-4-8-22-13/h12-13H,1-11H2,(H,16,21). The van der Waals surface area contributed by atoms with Gasteiger partial charge in [-0.05, 0) is 42.0 Å². The van der Waals surface area contributed by atoms with Crippen molar-refractivity contribution >= 4 is 17.7 Å². The van der Waals surface area contributed by atoms with Crippen LogP contribution in [0.15, 0.2) is 5.16 Å². The van der Waals surface area contributed by atoms with Crippen LogP contribution in [0.1, 0.15) is 44.9 Å². The van der Waals surface area contributed by atoms with Crippen molar-refractivity contribution in [1.29, 1.82) is 0 Å². The van der Waals surface area contributed by atoms with Gasteiger partial charge < -0.3 is 10.1 Å². The number of rotatable bonds is 7. The summed E-state index contributed by atoms with van der Waals surface area (Å²) in [5.41, 5.74) is 0. The van der Waals surface area contributed by atoms with Crippen LogP contribution in [0.5, 0.6) is 0 Å². The number of hydrogen-bond acceptors (Lipinski definition) is 6. The monoisotopic (exact) mass is 339 g/mol. The number of aromatic nitrogens is 4. The zero-order valence-electron chi connectivity index (χ0n) is 13.4. The van der Waals surface area contributed by atoms with Crippen LogP contribution in [-0.2, 0) is 16.1 Å². The van der Waals surface area contributed by atoms with Crippen LogP contribution in [0.4, 0.5) is 0 Å². The molecule has 3 rings (SSSR count). The molecule has 0 aromatic carbocycles. The average molecular weight is 339 g/mol. The molecule has 2 aliphatic rings. The van der Waals surface area contributed by atoms with E-state index in [0.717, 1.165) is 26.0 Å². The molecule has 2 heterocycles. The second-order valence-electron chi connectivity index (χ2n) is 6.38. The molecule has 2 fully saturated rings. The van der Waals surface area contributed by atoms with E-state index in [1.165, 1.54) is 43.9 Å². The first-order valence-electron chi connectivity index (χ1n) is 8.58. The maximum absolute atomic E-state index is 12.0. The van der Waals surface area contributed by atoms with Gasteiger partial charge in [0.2, 0.25) is 11.1 Å². The maximum atomic E-state index is 12.0. The fourth-order valence-corrected chi connectivity index (χ4v) is 3.94. The molecule has 1 saturated heterocycles. The van der Waals surface area contributed by atoms with E-state index < -0.39 is 0 Å². The van der Waals surface area contributed by atoms with Crippen molar-refractivity contribution in [3.05, 3.63) is 0 Å². The Bertz CT molecular complexity index is 498. The van der Waals surface area contributed by atoms with Gasteiger partial charge in [-0.25, -0.2) is 4.68 Å². The van der Waals surface area contributed by atoms with Gasteiger partial charge in [0.05, 0.1) is 18.4 Å². The Morgan fingerprint density at radius 2 is 2.13 bits per heavy atom. The van der Waals surface area contributed by atoms with Crippen LogP contribution in [-0.4, -0.2) is 51.1 Å².